The summed E-state index contributed by atoms with van der Waals surface area (Å²) < 4.78 is 13.3. The van der Waals surface area contributed by atoms with Crippen LogP contribution in [-0.4, -0.2) is 11.7 Å². The fraction of sp³-hybridized carbons (Fsp3) is 0.250. The second-order valence-corrected chi connectivity index (χ2v) is 5.55. The van der Waals surface area contributed by atoms with Crippen LogP contribution in [0.5, 0.6) is 0 Å². The van der Waals surface area contributed by atoms with Crippen molar-refractivity contribution in [3.05, 3.63) is 64.4 Å². The standard InChI is InChI=1S/C16H15ClFNO/c17-14-3-1-2-4-15(14)19-16(10-20)8-7-11-9-12(18)5-6-13(11)16/h1-6,9,19-20H,7-8,10H2. The van der Waals surface area contributed by atoms with Crippen molar-refractivity contribution < 1.29 is 9.50 Å². The molecule has 2 aromatic carbocycles. The molecular weight excluding hydrogens is 277 g/mol. The minimum Gasteiger partial charge on any atom is -0.394 e. The summed E-state index contributed by atoms with van der Waals surface area (Å²) in [5, 5.41) is 13.8. The summed E-state index contributed by atoms with van der Waals surface area (Å²) in [6, 6.07) is 12.1. The number of aryl methyl sites for hydroxylation is 1. The molecule has 0 aromatic heterocycles. The van der Waals surface area contributed by atoms with Crippen molar-refractivity contribution in [1.29, 1.82) is 0 Å². The zero-order valence-electron chi connectivity index (χ0n) is 10.9. The normalized spacial score (nSPS) is 20.8. The summed E-state index contributed by atoms with van der Waals surface area (Å²) in [6.07, 6.45) is 1.46. The lowest BCUT2D eigenvalue weighted by molar-refractivity contribution is 0.211. The third kappa shape index (κ3) is 2.17. The molecule has 2 nitrogen and oxygen atoms in total. The molecular formula is C16H15ClFNO. The van der Waals surface area contributed by atoms with Gasteiger partial charge in [-0.3, -0.25) is 0 Å². The average molecular weight is 292 g/mol. The monoisotopic (exact) mass is 291 g/mol. The Morgan fingerprint density at radius 1 is 1.25 bits per heavy atom. The van der Waals surface area contributed by atoms with Crippen LogP contribution in [0.15, 0.2) is 42.5 Å². The Morgan fingerprint density at radius 2 is 2.05 bits per heavy atom. The van der Waals surface area contributed by atoms with Crippen LogP contribution in [0.1, 0.15) is 17.5 Å². The highest BCUT2D eigenvalue weighted by Crippen LogP contribution is 2.40. The van der Waals surface area contributed by atoms with Gasteiger partial charge in [-0.15, -0.1) is 0 Å². The van der Waals surface area contributed by atoms with Crippen molar-refractivity contribution >= 4 is 17.3 Å². The molecule has 0 saturated carbocycles. The molecule has 0 spiro atoms. The van der Waals surface area contributed by atoms with E-state index in [0.717, 1.165) is 23.2 Å². The van der Waals surface area contributed by atoms with E-state index in [1.807, 2.05) is 18.2 Å². The van der Waals surface area contributed by atoms with Crippen molar-refractivity contribution in [2.45, 2.75) is 18.4 Å². The van der Waals surface area contributed by atoms with Crippen LogP contribution < -0.4 is 5.32 Å². The summed E-state index contributed by atoms with van der Waals surface area (Å²) in [5.41, 5.74) is 2.08. The number of aliphatic hydroxyl groups is 1. The highest BCUT2D eigenvalue weighted by molar-refractivity contribution is 6.33. The first-order valence-electron chi connectivity index (χ1n) is 6.57. The van der Waals surface area contributed by atoms with Crippen LogP contribution in [0.2, 0.25) is 5.02 Å². The maximum absolute atomic E-state index is 13.3. The van der Waals surface area contributed by atoms with Crippen LogP contribution in [0.3, 0.4) is 0 Å². The zero-order valence-corrected chi connectivity index (χ0v) is 11.6. The highest BCUT2D eigenvalue weighted by atomic mass is 35.5. The third-order valence-electron chi connectivity index (χ3n) is 3.92. The number of halogens is 2. The molecule has 3 rings (SSSR count). The van der Waals surface area contributed by atoms with Crippen LogP contribution in [0.4, 0.5) is 10.1 Å². The second-order valence-electron chi connectivity index (χ2n) is 5.15. The molecule has 1 aliphatic rings. The third-order valence-corrected chi connectivity index (χ3v) is 4.25. The molecule has 0 saturated heterocycles. The lowest BCUT2D eigenvalue weighted by atomic mass is 9.92. The Hall–Kier alpha value is -1.58. The Morgan fingerprint density at radius 3 is 2.80 bits per heavy atom. The predicted molar refractivity (Wildman–Crippen MR) is 78.6 cm³/mol. The van der Waals surface area contributed by atoms with E-state index < -0.39 is 5.54 Å². The van der Waals surface area contributed by atoms with E-state index in [9.17, 15) is 9.50 Å². The van der Waals surface area contributed by atoms with Crippen molar-refractivity contribution in [2.75, 3.05) is 11.9 Å². The molecule has 0 aliphatic heterocycles. The number of rotatable bonds is 3. The van der Waals surface area contributed by atoms with Gasteiger partial charge in [-0.05, 0) is 48.2 Å². The van der Waals surface area contributed by atoms with Crippen LogP contribution >= 0.6 is 11.6 Å². The Bertz CT molecular complexity index is 646. The molecule has 104 valence electrons. The van der Waals surface area contributed by atoms with E-state index in [2.05, 4.69) is 5.32 Å². The van der Waals surface area contributed by atoms with Gasteiger partial charge in [-0.2, -0.15) is 0 Å². The van der Waals surface area contributed by atoms with Crippen LogP contribution in [0.25, 0.3) is 0 Å². The molecule has 0 amide bonds. The van der Waals surface area contributed by atoms with Gasteiger partial charge in [-0.1, -0.05) is 29.8 Å². The summed E-state index contributed by atoms with van der Waals surface area (Å²) in [6.45, 7) is -0.0587. The quantitative estimate of drug-likeness (QED) is 0.903. The minimum absolute atomic E-state index is 0.0587. The van der Waals surface area contributed by atoms with Crippen molar-refractivity contribution in [2.24, 2.45) is 0 Å². The SMILES string of the molecule is OCC1(Nc2ccccc2Cl)CCc2cc(F)ccc21. The molecule has 1 aliphatic carbocycles. The summed E-state index contributed by atoms with van der Waals surface area (Å²) in [7, 11) is 0. The van der Waals surface area contributed by atoms with Gasteiger partial charge < -0.3 is 10.4 Å². The minimum atomic E-state index is -0.589. The van der Waals surface area contributed by atoms with E-state index in [4.69, 9.17) is 11.6 Å². The zero-order chi connectivity index (χ0) is 14.2. The summed E-state index contributed by atoms with van der Waals surface area (Å²) in [4.78, 5) is 0. The van der Waals surface area contributed by atoms with Gasteiger partial charge in [0, 0.05) is 0 Å². The summed E-state index contributed by atoms with van der Waals surface area (Å²) in [5.74, 6) is -0.241. The lowest BCUT2D eigenvalue weighted by Gasteiger charge is -2.31. The van der Waals surface area contributed by atoms with Gasteiger partial charge >= 0.3 is 0 Å². The maximum atomic E-state index is 13.3. The van der Waals surface area contributed by atoms with Crippen LogP contribution in [-0.2, 0) is 12.0 Å². The smallest absolute Gasteiger partial charge is 0.123 e. The average Bonchev–Trinajstić information content (AvgIpc) is 2.80. The first kappa shape index (κ1) is 13.4. The highest BCUT2D eigenvalue weighted by Gasteiger charge is 2.38. The maximum Gasteiger partial charge on any atom is 0.123 e. The number of benzene rings is 2. The van der Waals surface area contributed by atoms with E-state index in [1.54, 1.807) is 18.2 Å². The largest absolute Gasteiger partial charge is 0.394 e. The number of fused-ring (bicyclic) bond motifs is 1. The topological polar surface area (TPSA) is 32.3 Å². The van der Waals surface area contributed by atoms with Gasteiger partial charge in [0.2, 0.25) is 0 Å². The van der Waals surface area contributed by atoms with E-state index in [1.165, 1.54) is 6.07 Å². The molecule has 2 N–H and O–H groups in total. The number of anilines is 1. The van der Waals surface area contributed by atoms with Gasteiger partial charge in [0.25, 0.3) is 0 Å². The molecule has 20 heavy (non-hydrogen) atoms. The first-order chi connectivity index (χ1) is 9.64. The molecule has 0 fully saturated rings. The predicted octanol–water partition coefficient (Wildman–Crippen LogP) is 3.73. The number of para-hydroxylation sites is 1. The molecule has 1 atom stereocenters. The van der Waals surface area contributed by atoms with Crippen molar-refractivity contribution in [3.63, 3.8) is 0 Å². The number of hydrogen-bond donors (Lipinski definition) is 2. The second kappa shape index (κ2) is 5.08. The van der Waals surface area contributed by atoms with Crippen LogP contribution in [0, 0.1) is 5.82 Å². The van der Waals surface area contributed by atoms with E-state index in [-0.39, 0.29) is 12.4 Å². The number of nitrogens with one attached hydrogen (secondary N) is 1. The van der Waals surface area contributed by atoms with Gasteiger partial charge in [-0.25, -0.2) is 4.39 Å². The fourth-order valence-corrected chi connectivity index (χ4v) is 3.06. The van der Waals surface area contributed by atoms with Crippen molar-refractivity contribution in [3.8, 4) is 0 Å². The van der Waals surface area contributed by atoms with Gasteiger partial charge in [0.15, 0.2) is 0 Å². The molecule has 4 heteroatoms. The Kier molecular flexibility index (Phi) is 3.40. The fourth-order valence-electron chi connectivity index (χ4n) is 2.87. The van der Waals surface area contributed by atoms with Crippen molar-refractivity contribution in [1.82, 2.24) is 0 Å². The molecule has 2 aromatic rings. The number of aliphatic hydroxyl groups excluding tert-OH is 1. The lowest BCUT2D eigenvalue weighted by Crippen LogP contribution is -2.37. The Balaban J connectivity index is 2.01. The number of hydrogen-bond acceptors (Lipinski definition) is 2. The molecule has 0 radical (unpaired) electrons. The first-order valence-corrected chi connectivity index (χ1v) is 6.95. The summed E-state index contributed by atoms with van der Waals surface area (Å²) >= 11 is 6.17. The van der Waals surface area contributed by atoms with Gasteiger partial charge in [0.05, 0.1) is 22.9 Å². The van der Waals surface area contributed by atoms with Gasteiger partial charge in [0.1, 0.15) is 5.82 Å². The molecule has 1 unspecified atom stereocenters. The van der Waals surface area contributed by atoms with E-state index >= 15 is 0 Å². The molecule has 0 heterocycles. The Labute approximate surface area is 122 Å². The van der Waals surface area contributed by atoms with E-state index in [0.29, 0.717) is 11.4 Å². The molecule has 0 bridgehead atoms.